The maximum atomic E-state index is 10.4. The molecule has 0 heterocycles. The van der Waals surface area contributed by atoms with E-state index >= 15 is 0 Å². The number of nitrogens with two attached hydrogens (primary N) is 3. The van der Waals surface area contributed by atoms with E-state index in [2.05, 4.69) is 80.0 Å². The van der Waals surface area contributed by atoms with Crippen LogP contribution >= 0.6 is 23.2 Å². The van der Waals surface area contributed by atoms with Crippen LogP contribution in [0.4, 0.5) is 24.0 Å². The molecule has 0 radical (unpaired) electrons. The first-order chi connectivity index (χ1) is 15.0. The normalized spacial score (nSPS) is 7.00. The standard InChI is InChI=1S/C5H10N2O4.C3H7NO2.2C2H3ClO2.CH6N2.CH5N/c1-10-4(8)6-3-7-5(9)11-2;1-4-3(5)6-2;2*1-5-2(3)4;2-1-3;1-2/h3H2,1-2H3,(H,6,8)(H,7,9);1-2H3,(H,4,5);2*1H3;1-3H2;2H2,1H3. The molecule has 0 saturated carbocycles. The smallest absolute Gasteiger partial charge is 0.408 e. The minimum Gasteiger partial charge on any atom is -0.457 e. The summed E-state index contributed by atoms with van der Waals surface area (Å²) in [6.07, 6.45) is -1.63. The summed E-state index contributed by atoms with van der Waals surface area (Å²) >= 11 is 9.20. The molecule has 0 bridgehead atoms. The van der Waals surface area contributed by atoms with Crippen LogP contribution in [0.25, 0.3) is 0 Å². The molecule has 0 fully saturated rings. The number of alkyl carbamates (subject to hydrolysis) is 3. The minimum absolute atomic E-state index is 0.0145. The van der Waals surface area contributed by atoms with E-state index in [0.29, 0.717) is 0 Å². The highest BCUT2D eigenvalue weighted by Crippen LogP contribution is 1.78. The summed E-state index contributed by atoms with van der Waals surface area (Å²) in [6.45, 7) is 0.235. The van der Waals surface area contributed by atoms with Crippen LogP contribution in [0.5, 0.6) is 0 Å². The van der Waals surface area contributed by atoms with Gasteiger partial charge in [-0.2, -0.15) is 0 Å². The Morgan fingerprint density at radius 1 is 0.656 bits per heavy atom. The fraction of sp³-hybridized carbons (Fsp3) is 0.643. The number of nitrogens with one attached hydrogen (secondary N) is 3. The summed E-state index contributed by atoms with van der Waals surface area (Å²) in [7, 11) is 9.22. The number of hydrogen-bond acceptors (Lipinski definition) is 13. The maximum Gasteiger partial charge on any atom is 0.408 e. The molecule has 194 valence electrons. The lowest BCUT2D eigenvalue weighted by atomic mass is 10.9. The molecule has 0 aromatic heterocycles. The van der Waals surface area contributed by atoms with Crippen LogP contribution in [0, 0.1) is 0 Å². The topological polar surface area (TPSA) is 246 Å². The fourth-order valence-electron chi connectivity index (χ4n) is 0.435. The highest BCUT2D eigenvalue weighted by molar-refractivity contribution is 6.61. The Bertz CT molecular complexity index is 426. The maximum absolute atomic E-state index is 10.4. The summed E-state index contributed by atoms with van der Waals surface area (Å²) in [5.74, 6) is 0. The first-order valence-corrected chi connectivity index (χ1v) is 8.57. The van der Waals surface area contributed by atoms with Gasteiger partial charge in [-0.15, -0.1) is 0 Å². The van der Waals surface area contributed by atoms with Crippen LogP contribution in [0.3, 0.4) is 0 Å². The van der Waals surface area contributed by atoms with Crippen LogP contribution in [0.15, 0.2) is 0 Å². The first kappa shape index (κ1) is 43.2. The summed E-state index contributed by atoms with van der Waals surface area (Å²) in [4.78, 5) is 49.3. The number of carbonyl (C=O) groups is 5. The Kier molecular flexibility index (Phi) is 57.1. The van der Waals surface area contributed by atoms with Crippen molar-refractivity contribution in [3.63, 3.8) is 0 Å². The number of halogens is 2. The van der Waals surface area contributed by atoms with Crippen LogP contribution in [-0.2, 0) is 23.7 Å². The molecule has 0 aliphatic carbocycles. The van der Waals surface area contributed by atoms with E-state index in [-0.39, 0.29) is 13.3 Å². The van der Waals surface area contributed by atoms with Gasteiger partial charge >= 0.3 is 29.1 Å². The molecule has 0 unspecified atom stereocenters. The average Bonchev–Trinajstić information content (AvgIpc) is 2.80. The molecular weight excluding hydrogens is 483 g/mol. The zero-order valence-electron chi connectivity index (χ0n) is 19.0. The van der Waals surface area contributed by atoms with Gasteiger partial charge in [0.15, 0.2) is 0 Å². The molecule has 0 aliphatic rings. The van der Waals surface area contributed by atoms with Crippen molar-refractivity contribution in [3.05, 3.63) is 0 Å². The lowest BCUT2D eigenvalue weighted by molar-refractivity contribution is 0.162. The molecule has 0 spiro atoms. The highest BCUT2D eigenvalue weighted by atomic mass is 35.5. The van der Waals surface area contributed by atoms with Gasteiger partial charge in [0, 0.05) is 36.9 Å². The van der Waals surface area contributed by atoms with Gasteiger partial charge < -0.3 is 56.8 Å². The Labute approximate surface area is 196 Å². The predicted octanol–water partition coefficient (Wildman–Crippen LogP) is 0.0475. The second-order valence-corrected chi connectivity index (χ2v) is 3.99. The molecule has 9 N–H and O–H groups in total. The number of ether oxygens (including phenoxy) is 5. The van der Waals surface area contributed by atoms with Crippen molar-refractivity contribution in [1.82, 2.24) is 16.0 Å². The SMILES string of the molecule is CN.CNC(=O)OC.COC(=O)Cl.COC(=O)Cl.COC(=O)NCNC(=O)OC.NCN. The van der Waals surface area contributed by atoms with E-state index < -0.39 is 29.1 Å². The Morgan fingerprint density at radius 3 is 0.969 bits per heavy atom. The Balaban J connectivity index is -0.0000000694. The van der Waals surface area contributed by atoms with Crippen LogP contribution in [0.1, 0.15) is 0 Å². The molecule has 0 aliphatic heterocycles. The third-order valence-electron chi connectivity index (χ3n) is 1.55. The third kappa shape index (κ3) is 80.8. The molecule has 32 heavy (non-hydrogen) atoms. The second-order valence-electron chi connectivity index (χ2n) is 3.37. The van der Waals surface area contributed by atoms with Crippen molar-refractivity contribution in [1.29, 1.82) is 0 Å². The van der Waals surface area contributed by atoms with Gasteiger partial charge in [0.2, 0.25) is 0 Å². The third-order valence-corrected chi connectivity index (χ3v) is 1.86. The molecule has 0 aromatic rings. The molecule has 3 amide bonds. The predicted molar refractivity (Wildman–Crippen MR) is 117 cm³/mol. The van der Waals surface area contributed by atoms with Gasteiger partial charge in [-0.3, -0.25) is 0 Å². The van der Waals surface area contributed by atoms with Crippen molar-refractivity contribution >= 4 is 52.3 Å². The lowest BCUT2D eigenvalue weighted by Gasteiger charge is -2.03. The summed E-state index contributed by atoms with van der Waals surface area (Å²) in [6, 6.07) is 0. The van der Waals surface area contributed by atoms with Gasteiger partial charge in [0.1, 0.15) is 0 Å². The molecule has 0 saturated heterocycles. The highest BCUT2D eigenvalue weighted by Gasteiger charge is 1.99. The van der Waals surface area contributed by atoms with Gasteiger partial charge in [0.25, 0.3) is 0 Å². The molecule has 0 rings (SSSR count). The Morgan fingerprint density at radius 2 is 0.875 bits per heavy atom. The van der Waals surface area contributed by atoms with E-state index in [1.807, 2.05) is 0 Å². The zero-order valence-corrected chi connectivity index (χ0v) is 20.5. The van der Waals surface area contributed by atoms with E-state index in [4.69, 9.17) is 0 Å². The zero-order chi connectivity index (χ0) is 27.0. The quantitative estimate of drug-likeness (QED) is 0.161. The molecule has 16 nitrogen and oxygen atoms in total. The van der Waals surface area contributed by atoms with E-state index in [9.17, 15) is 24.0 Å². The van der Waals surface area contributed by atoms with E-state index in [0.717, 1.165) is 0 Å². The first-order valence-electron chi connectivity index (χ1n) is 7.81. The van der Waals surface area contributed by atoms with Gasteiger partial charge in [-0.1, -0.05) is 0 Å². The fourth-order valence-corrected chi connectivity index (χ4v) is 0.435. The van der Waals surface area contributed by atoms with E-state index in [1.165, 1.54) is 49.6 Å². The average molecular weight is 517 g/mol. The molecule has 18 heteroatoms. The summed E-state index contributed by atoms with van der Waals surface area (Å²) in [5.41, 5.74) is 12.2. The van der Waals surface area contributed by atoms with E-state index in [1.54, 1.807) is 0 Å². The number of methoxy groups -OCH3 is 5. The number of amides is 3. The lowest BCUT2D eigenvalue weighted by Crippen LogP contribution is -2.36. The van der Waals surface area contributed by atoms with Gasteiger partial charge in [-0.05, 0) is 7.05 Å². The summed E-state index contributed by atoms with van der Waals surface area (Å²) < 4.78 is 20.3. The number of carbonyl (C=O) groups excluding carboxylic acids is 5. The van der Waals surface area contributed by atoms with Gasteiger partial charge in [0.05, 0.1) is 42.2 Å². The molecule has 0 atom stereocenters. The molecular formula is C14H34Cl2N6O10. The monoisotopic (exact) mass is 516 g/mol. The Hall–Kier alpha value is -2.79. The largest absolute Gasteiger partial charge is 0.457 e. The van der Waals surface area contributed by atoms with Crippen molar-refractivity contribution < 1.29 is 47.7 Å². The van der Waals surface area contributed by atoms with Crippen molar-refractivity contribution in [2.24, 2.45) is 17.2 Å². The van der Waals surface area contributed by atoms with Crippen LogP contribution in [0.2, 0.25) is 0 Å². The van der Waals surface area contributed by atoms with Gasteiger partial charge in [-0.25, -0.2) is 24.0 Å². The van der Waals surface area contributed by atoms with Crippen molar-refractivity contribution in [3.8, 4) is 0 Å². The van der Waals surface area contributed by atoms with Crippen molar-refractivity contribution in [2.75, 3.05) is 63.0 Å². The molecule has 0 aromatic carbocycles. The number of rotatable bonds is 2. The minimum atomic E-state index is -0.773. The van der Waals surface area contributed by atoms with Crippen molar-refractivity contribution in [2.45, 2.75) is 0 Å². The van der Waals surface area contributed by atoms with Crippen LogP contribution in [-0.4, -0.2) is 92.1 Å². The van der Waals surface area contributed by atoms with Crippen LogP contribution < -0.4 is 33.2 Å². The second kappa shape index (κ2) is 42.3. The number of hydrogen-bond donors (Lipinski definition) is 6. The summed E-state index contributed by atoms with van der Waals surface area (Å²) in [5, 5.41) is 6.70.